The number of hydrogen-bond donors (Lipinski definition) is 2. The van der Waals surface area contributed by atoms with Crippen molar-refractivity contribution in [2.24, 2.45) is 0 Å². The van der Waals surface area contributed by atoms with Crippen LogP contribution in [-0.2, 0) is 0 Å². The molecule has 25 heavy (non-hydrogen) atoms. The van der Waals surface area contributed by atoms with E-state index >= 15 is 0 Å². The molecule has 0 aliphatic rings. The van der Waals surface area contributed by atoms with E-state index in [-0.39, 0.29) is 5.91 Å². The van der Waals surface area contributed by atoms with Gasteiger partial charge in [-0.25, -0.2) is 0 Å². The monoisotopic (exact) mass is 415 g/mol. The highest BCUT2D eigenvalue weighted by Crippen LogP contribution is 2.22. The van der Waals surface area contributed by atoms with Gasteiger partial charge in [0.1, 0.15) is 0 Å². The molecule has 2 N–H and O–H groups in total. The summed E-state index contributed by atoms with van der Waals surface area (Å²) < 4.78 is 0.848. The molecule has 0 saturated carbocycles. The van der Waals surface area contributed by atoms with Gasteiger partial charge in [-0.15, -0.1) is 11.3 Å². The lowest BCUT2D eigenvalue weighted by atomic mass is 10.1. The highest BCUT2D eigenvalue weighted by atomic mass is 79.9. The average molecular weight is 416 g/mol. The fraction of sp³-hybridized carbons (Fsp3) is 0.0556. The Bertz CT molecular complexity index is 925. The van der Waals surface area contributed by atoms with Crippen LogP contribution in [0.2, 0.25) is 0 Å². The molecule has 2 amide bonds. The first kappa shape index (κ1) is 17.3. The molecular weight excluding hydrogens is 402 g/mol. The smallest absolute Gasteiger partial charge is 0.267 e. The summed E-state index contributed by atoms with van der Waals surface area (Å²) in [5.41, 5.74) is 7.60. The average Bonchev–Trinajstić information content (AvgIpc) is 3.06. The molecule has 5 nitrogen and oxygen atoms in total. The van der Waals surface area contributed by atoms with Crippen molar-refractivity contribution in [1.82, 2.24) is 15.8 Å². The minimum Gasteiger partial charge on any atom is -0.267 e. The number of benzene rings is 1. The molecule has 3 aromatic rings. The number of aryl methyl sites for hydroxylation is 1. The third-order valence-electron chi connectivity index (χ3n) is 3.49. The fourth-order valence-corrected chi connectivity index (χ4v) is 3.53. The van der Waals surface area contributed by atoms with Gasteiger partial charge in [-0.3, -0.25) is 25.4 Å². The summed E-state index contributed by atoms with van der Waals surface area (Å²) in [6.45, 7) is 1.76. The van der Waals surface area contributed by atoms with Gasteiger partial charge in [0, 0.05) is 5.56 Å². The summed E-state index contributed by atoms with van der Waals surface area (Å²) in [7, 11) is 0. The second-order valence-corrected chi connectivity index (χ2v) is 7.67. The van der Waals surface area contributed by atoms with Gasteiger partial charge < -0.3 is 0 Å². The molecule has 3 rings (SSSR count). The number of nitrogens with one attached hydrogen (secondary N) is 2. The number of thiophene rings is 1. The molecule has 0 aliphatic carbocycles. The summed E-state index contributed by atoms with van der Waals surface area (Å²) in [6.07, 6.45) is 0. The zero-order valence-corrected chi connectivity index (χ0v) is 15.6. The van der Waals surface area contributed by atoms with Crippen molar-refractivity contribution in [2.75, 3.05) is 0 Å². The number of halogens is 1. The summed E-state index contributed by atoms with van der Waals surface area (Å²) in [4.78, 5) is 29.2. The van der Waals surface area contributed by atoms with Crippen molar-refractivity contribution >= 4 is 39.1 Å². The SMILES string of the molecule is Cc1nc(-c2ccccc2)ccc1C(=O)NNC(=O)c1ccc(Br)s1. The van der Waals surface area contributed by atoms with E-state index in [0.29, 0.717) is 16.1 Å². The number of pyridine rings is 1. The van der Waals surface area contributed by atoms with Crippen LogP contribution in [0.4, 0.5) is 0 Å². The molecule has 0 saturated heterocycles. The van der Waals surface area contributed by atoms with Crippen molar-refractivity contribution in [3.63, 3.8) is 0 Å². The Morgan fingerprint density at radius 2 is 1.68 bits per heavy atom. The summed E-state index contributed by atoms with van der Waals surface area (Å²) >= 11 is 4.58. The van der Waals surface area contributed by atoms with Crippen LogP contribution in [0.5, 0.6) is 0 Å². The van der Waals surface area contributed by atoms with Gasteiger partial charge in [0.2, 0.25) is 0 Å². The highest BCUT2D eigenvalue weighted by molar-refractivity contribution is 9.11. The van der Waals surface area contributed by atoms with E-state index in [2.05, 4.69) is 31.8 Å². The number of hydrazine groups is 1. The van der Waals surface area contributed by atoms with Crippen LogP contribution in [0.25, 0.3) is 11.3 Å². The van der Waals surface area contributed by atoms with Gasteiger partial charge in [-0.1, -0.05) is 30.3 Å². The number of nitrogens with zero attached hydrogens (tertiary/aromatic N) is 1. The molecule has 0 unspecified atom stereocenters. The molecule has 2 heterocycles. The fourth-order valence-electron chi connectivity index (χ4n) is 2.25. The Morgan fingerprint density at radius 1 is 0.960 bits per heavy atom. The van der Waals surface area contributed by atoms with Gasteiger partial charge in [-0.05, 0) is 47.1 Å². The molecule has 2 aromatic heterocycles. The highest BCUT2D eigenvalue weighted by Gasteiger charge is 2.14. The summed E-state index contributed by atoms with van der Waals surface area (Å²) in [5.74, 6) is -0.774. The molecule has 7 heteroatoms. The number of hydrogen-bond acceptors (Lipinski definition) is 4. The van der Waals surface area contributed by atoms with Crippen LogP contribution in [0.1, 0.15) is 25.7 Å². The van der Waals surface area contributed by atoms with E-state index in [1.54, 1.807) is 31.2 Å². The Morgan fingerprint density at radius 3 is 2.32 bits per heavy atom. The predicted octanol–water partition coefficient (Wildman–Crippen LogP) is 3.96. The first-order valence-corrected chi connectivity index (χ1v) is 9.04. The zero-order valence-electron chi connectivity index (χ0n) is 13.2. The molecule has 0 fully saturated rings. The number of carbonyl (C=O) groups is 2. The van der Waals surface area contributed by atoms with Gasteiger partial charge in [0.25, 0.3) is 11.8 Å². The van der Waals surface area contributed by atoms with E-state index in [1.165, 1.54) is 11.3 Å². The quantitative estimate of drug-likeness (QED) is 0.635. The van der Waals surface area contributed by atoms with Crippen LogP contribution in [0, 0.1) is 6.92 Å². The van der Waals surface area contributed by atoms with Crippen molar-refractivity contribution in [2.45, 2.75) is 6.92 Å². The van der Waals surface area contributed by atoms with Gasteiger partial charge >= 0.3 is 0 Å². The maximum absolute atomic E-state index is 12.3. The molecule has 0 spiro atoms. The van der Waals surface area contributed by atoms with Crippen molar-refractivity contribution < 1.29 is 9.59 Å². The molecule has 126 valence electrons. The second-order valence-electron chi connectivity index (χ2n) is 5.21. The normalized spacial score (nSPS) is 10.3. The topological polar surface area (TPSA) is 71.1 Å². The van der Waals surface area contributed by atoms with E-state index in [4.69, 9.17) is 0 Å². The molecule has 0 aliphatic heterocycles. The maximum atomic E-state index is 12.3. The number of amides is 2. The molecular formula is C18H14BrN3O2S. The first-order valence-electron chi connectivity index (χ1n) is 7.43. The lowest BCUT2D eigenvalue weighted by Crippen LogP contribution is -2.41. The third-order valence-corrected chi connectivity index (χ3v) is 5.11. The molecule has 0 bridgehead atoms. The Labute approximate surface area is 157 Å². The molecule has 0 radical (unpaired) electrons. The van der Waals surface area contributed by atoms with Crippen molar-refractivity contribution in [3.8, 4) is 11.3 Å². The van der Waals surface area contributed by atoms with Crippen LogP contribution >= 0.6 is 27.3 Å². The lowest BCUT2D eigenvalue weighted by Gasteiger charge is -2.09. The number of aromatic nitrogens is 1. The van der Waals surface area contributed by atoms with E-state index < -0.39 is 5.91 Å². The standard InChI is InChI=1S/C18H14BrN3O2S/c1-11-13(7-8-14(20-11)12-5-3-2-4-6-12)17(23)21-22-18(24)15-9-10-16(19)25-15/h2-10H,1H3,(H,21,23)(H,22,24). The maximum Gasteiger partial charge on any atom is 0.279 e. The van der Waals surface area contributed by atoms with Crippen LogP contribution < -0.4 is 10.9 Å². The van der Waals surface area contributed by atoms with E-state index in [0.717, 1.165) is 15.0 Å². The Kier molecular flexibility index (Phi) is 5.25. The van der Waals surface area contributed by atoms with Crippen LogP contribution in [0.15, 0.2) is 58.4 Å². The second kappa shape index (κ2) is 7.58. The Hall–Kier alpha value is -2.51. The minimum atomic E-state index is -0.409. The minimum absolute atomic E-state index is 0.365. The van der Waals surface area contributed by atoms with Crippen LogP contribution in [0.3, 0.4) is 0 Å². The van der Waals surface area contributed by atoms with Gasteiger partial charge in [0.15, 0.2) is 0 Å². The first-order chi connectivity index (χ1) is 12.0. The van der Waals surface area contributed by atoms with E-state index in [9.17, 15) is 9.59 Å². The summed E-state index contributed by atoms with van der Waals surface area (Å²) in [6, 6.07) is 16.7. The lowest BCUT2D eigenvalue weighted by molar-refractivity contribution is 0.0848. The predicted molar refractivity (Wildman–Crippen MR) is 101 cm³/mol. The van der Waals surface area contributed by atoms with Crippen molar-refractivity contribution in [1.29, 1.82) is 0 Å². The summed E-state index contributed by atoms with van der Waals surface area (Å²) in [5, 5.41) is 0. The third kappa shape index (κ3) is 4.12. The van der Waals surface area contributed by atoms with Gasteiger partial charge in [0.05, 0.1) is 25.6 Å². The molecule has 1 aromatic carbocycles. The van der Waals surface area contributed by atoms with Gasteiger partial charge in [-0.2, -0.15) is 0 Å². The largest absolute Gasteiger partial charge is 0.279 e. The molecule has 0 atom stereocenters. The zero-order chi connectivity index (χ0) is 17.8. The van der Waals surface area contributed by atoms with E-state index in [1.807, 2.05) is 30.3 Å². The number of carbonyl (C=O) groups excluding carboxylic acids is 2. The van der Waals surface area contributed by atoms with Crippen LogP contribution in [-0.4, -0.2) is 16.8 Å². The number of rotatable bonds is 3. The van der Waals surface area contributed by atoms with Crippen molar-refractivity contribution in [3.05, 3.63) is 74.5 Å². The Balaban J connectivity index is 1.69.